The van der Waals surface area contributed by atoms with E-state index in [4.69, 9.17) is 4.74 Å². The smallest absolute Gasteiger partial charge is 0.211 e. The largest absolute Gasteiger partial charge is 0.497 e. The normalized spacial score (nSPS) is 10.9. The maximum atomic E-state index is 5.17. The minimum Gasteiger partial charge on any atom is -0.497 e. The Balaban J connectivity index is 1.47. The van der Waals surface area contributed by atoms with Gasteiger partial charge in [0.05, 0.1) is 17.3 Å². The fraction of sp³-hybridized carbons (Fsp3) is 0.118. The predicted octanol–water partition coefficient (Wildman–Crippen LogP) is 4.49. The number of aromatic nitrogens is 3. The van der Waals surface area contributed by atoms with Gasteiger partial charge in [0.25, 0.3) is 0 Å². The van der Waals surface area contributed by atoms with Gasteiger partial charge in [0.1, 0.15) is 10.8 Å². The van der Waals surface area contributed by atoms with Crippen molar-refractivity contribution in [3.8, 4) is 5.75 Å². The van der Waals surface area contributed by atoms with E-state index in [-0.39, 0.29) is 0 Å². The third kappa shape index (κ3) is 3.22. The highest BCUT2D eigenvalue weighted by Gasteiger charge is 2.08. The molecule has 0 aliphatic heterocycles. The molecule has 0 amide bonds. The number of methoxy groups -OCH3 is 1. The number of benzene rings is 2. The van der Waals surface area contributed by atoms with E-state index in [1.807, 2.05) is 42.5 Å². The van der Waals surface area contributed by atoms with Gasteiger partial charge in [-0.3, -0.25) is 0 Å². The van der Waals surface area contributed by atoms with Crippen molar-refractivity contribution in [2.45, 2.75) is 6.42 Å². The molecule has 1 N–H and O–H groups in total. The number of ether oxygens (including phenoxy) is 1. The Labute approximate surface area is 147 Å². The summed E-state index contributed by atoms with van der Waals surface area (Å²) < 4.78 is 6.33. The van der Waals surface area contributed by atoms with Crippen molar-refractivity contribution < 1.29 is 4.74 Å². The summed E-state index contributed by atoms with van der Waals surface area (Å²) in [4.78, 5) is 4.55. The highest BCUT2D eigenvalue weighted by molar-refractivity contribution is 7.22. The van der Waals surface area contributed by atoms with Crippen molar-refractivity contribution in [3.63, 3.8) is 0 Å². The van der Waals surface area contributed by atoms with Gasteiger partial charge in [-0.2, -0.15) is 0 Å². The maximum Gasteiger partial charge on any atom is 0.211 e. The van der Waals surface area contributed by atoms with Crippen molar-refractivity contribution in [1.82, 2.24) is 15.2 Å². The summed E-state index contributed by atoms with van der Waals surface area (Å²) in [6, 6.07) is 16.1. The van der Waals surface area contributed by atoms with Gasteiger partial charge in [-0.1, -0.05) is 46.9 Å². The van der Waals surface area contributed by atoms with Crippen LogP contribution in [0.4, 0.5) is 10.3 Å². The average molecular weight is 354 g/mol. The van der Waals surface area contributed by atoms with E-state index in [0.717, 1.165) is 37.7 Å². The summed E-state index contributed by atoms with van der Waals surface area (Å²) in [6.07, 6.45) is 0.753. The van der Waals surface area contributed by atoms with Crippen molar-refractivity contribution >= 4 is 43.2 Å². The number of fused-ring (bicyclic) bond motifs is 1. The summed E-state index contributed by atoms with van der Waals surface area (Å²) in [5, 5.41) is 14.3. The van der Waals surface area contributed by atoms with Crippen LogP contribution in [0.2, 0.25) is 0 Å². The van der Waals surface area contributed by atoms with Gasteiger partial charge in [-0.15, -0.1) is 10.2 Å². The Morgan fingerprint density at radius 3 is 2.58 bits per heavy atom. The molecule has 24 heavy (non-hydrogen) atoms. The van der Waals surface area contributed by atoms with Crippen molar-refractivity contribution in [1.29, 1.82) is 0 Å². The summed E-state index contributed by atoms with van der Waals surface area (Å²) in [7, 11) is 1.67. The molecule has 2 heterocycles. The van der Waals surface area contributed by atoms with Gasteiger partial charge in [0.2, 0.25) is 5.13 Å². The fourth-order valence-corrected chi connectivity index (χ4v) is 4.01. The zero-order valence-corrected chi connectivity index (χ0v) is 14.5. The van der Waals surface area contributed by atoms with Crippen LogP contribution in [0.1, 0.15) is 10.6 Å². The molecule has 0 bridgehead atoms. The van der Waals surface area contributed by atoms with Crippen LogP contribution in [0.25, 0.3) is 10.2 Å². The number of anilines is 2. The molecule has 7 heteroatoms. The van der Waals surface area contributed by atoms with E-state index in [1.54, 1.807) is 29.8 Å². The van der Waals surface area contributed by atoms with Crippen LogP contribution in [0.15, 0.2) is 48.5 Å². The number of thiazole rings is 1. The maximum absolute atomic E-state index is 5.17. The van der Waals surface area contributed by atoms with E-state index in [9.17, 15) is 0 Å². The molecule has 0 fully saturated rings. The van der Waals surface area contributed by atoms with E-state index < -0.39 is 0 Å². The van der Waals surface area contributed by atoms with Crippen LogP contribution in [0.3, 0.4) is 0 Å². The van der Waals surface area contributed by atoms with Gasteiger partial charge in [0, 0.05) is 6.42 Å². The molecule has 4 rings (SSSR count). The number of hydrogen-bond donors (Lipinski definition) is 1. The number of nitrogens with zero attached hydrogens (tertiary/aromatic N) is 3. The Hall–Kier alpha value is -2.51. The van der Waals surface area contributed by atoms with Crippen LogP contribution >= 0.6 is 22.7 Å². The Kier molecular flexibility index (Phi) is 4.10. The highest BCUT2D eigenvalue weighted by Crippen LogP contribution is 2.29. The van der Waals surface area contributed by atoms with Crippen molar-refractivity contribution in [2.75, 3.05) is 12.4 Å². The third-order valence-corrected chi connectivity index (χ3v) is 5.28. The number of hydrogen-bond acceptors (Lipinski definition) is 7. The first-order valence-electron chi connectivity index (χ1n) is 7.38. The molecule has 0 spiro atoms. The monoisotopic (exact) mass is 354 g/mol. The summed E-state index contributed by atoms with van der Waals surface area (Å²) in [5.74, 6) is 0.856. The Morgan fingerprint density at radius 1 is 0.958 bits per heavy atom. The van der Waals surface area contributed by atoms with Crippen LogP contribution in [0, 0.1) is 0 Å². The third-order valence-electron chi connectivity index (χ3n) is 3.49. The number of nitrogens with one attached hydrogen (secondary N) is 1. The fourth-order valence-electron chi connectivity index (χ4n) is 2.31. The number of para-hydroxylation sites is 1. The molecule has 0 saturated heterocycles. The van der Waals surface area contributed by atoms with Crippen molar-refractivity contribution in [2.24, 2.45) is 0 Å². The quantitative estimate of drug-likeness (QED) is 0.572. The van der Waals surface area contributed by atoms with Crippen LogP contribution in [-0.4, -0.2) is 22.3 Å². The summed E-state index contributed by atoms with van der Waals surface area (Å²) >= 11 is 3.16. The molecule has 0 unspecified atom stereocenters. The molecule has 0 saturated carbocycles. The lowest BCUT2D eigenvalue weighted by Crippen LogP contribution is -1.88. The molecule has 0 aliphatic carbocycles. The van der Waals surface area contributed by atoms with Crippen LogP contribution in [-0.2, 0) is 6.42 Å². The second-order valence-corrected chi connectivity index (χ2v) is 7.23. The molecular weight excluding hydrogens is 340 g/mol. The van der Waals surface area contributed by atoms with Crippen molar-refractivity contribution in [3.05, 3.63) is 59.1 Å². The summed E-state index contributed by atoms with van der Waals surface area (Å²) in [5.41, 5.74) is 2.17. The highest BCUT2D eigenvalue weighted by atomic mass is 32.1. The molecule has 0 aliphatic rings. The molecule has 0 atom stereocenters. The van der Waals surface area contributed by atoms with Crippen LogP contribution in [0.5, 0.6) is 5.75 Å². The summed E-state index contributed by atoms with van der Waals surface area (Å²) in [6.45, 7) is 0. The average Bonchev–Trinajstić information content (AvgIpc) is 3.22. The lowest BCUT2D eigenvalue weighted by Gasteiger charge is -2.00. The molecule has 2 aromatic carbocycles. The predicted molar refractivity (Wildman–Crippen MR) is 98.6 cm³/mol. The zero-order chi connectivity index (χ0) is 16.4. The van der Waals surface area contributed by atoms with E-state index in [0.29, 0.717) is 0 Å². The van der Waals surface area contributed by atoms with E-state index in [1.165, 1.54) is 5.56 Å². The topological polar surface area (TPSA) is 59.9 Å². The zero-order valence-electron chi connectivity index (χ0n) is 12.9. The van der Waals surface area contributed by atoms with Crippen LogP contribution < -0.4 is 10.1 Å². The van der Waals surface area contributed by atoms with Gasteiger partial charge in [0.15, 0.2) is 5.13 Å². The van der Waals surface area contributed by atoms with Gasteiger partial charge in [-0.05, 0) is 29.8 Å². The second-order valence-electron chi connectivity index (χ2n) is 5.14. The number of rotatable bonds is 5. The SMILES string of the molecule is COc1ccc(Cc2nnc(Nc3nc4ccccc4s3)s2)cc1. The molecule has 2 aromatic heterocycles. The van der Waals surface area contributed by atoms with Gasteiger partial charge in [-0.25, -0.2) is 4.98 Å². The van der Waals surface area contributed by atoms with E-state index in [2.05, 4.69) is 26.6 Å². The van der Waals surface area contributed by atoms with Gasteiger partial charge >= 0.3 is 0 Å². The molecule has 4 aromatic rings. The molecule has 120 valence electrons. The standard InChI is InChI=1S/C17H14N4OS2/c1-22-12-8-6-11(7-9-12)10-15-20-21-17(24-15)19-16-18-13-4-2-3-5-14(13)23-16/h2-9H,10H2,1H3,(H,18,19,21). The lowest BCUT2D eigenvalue weighted by atomic mass is 10.1. The molecular formula is C17H14N4OS2. The first-order valence-corrected chi connectivity index (χ1v) is 9.01. The second kappa shape index (κ2) is 6.54. The molecule has 0 radical (unpaired) electrons. The first kappa shape index (κ1) is 15.0. The Bertz CT molecular complexity index is 929. The minimum atomic E-state index is 0.753. The lowest BCUT2D eigenvalue weighted by molar-refractivity contribution is 0.414. The Morgan fingerprint density at radius 2 is 1.79 bits per heavy atom. The first-order chi connectivity index (χ1) is 11.8. The van der Waals surface area contributed by atoms with Gasteiger partial charge < -0.3 is 10.1 Å². The van der Waals surface area contributed by atoms with E-state index >= 15 is 0 Å². The minimum absolute atomic E-state index is 0.753. The molecule has 5 nitrogen and oxygen atoms in total.